The summed E-state index contributed by atoms with van der Waals surface area (Å²) in [6.45, 7) is 5.76. The molecule has 0 heterocycles. The van der Waals surface area contributed by atoms with Crippen molar-refractivity contribution in [2.75, 3.05) is 23.7 Å². The molecule has 1 fully saturated rings. The van der Waals surface area contributed by atoms with Gasteiger partial charge in [-0.2, -0.15) is 0 Å². The van der Waals surface area contributed by atoms with E-state index in [1.807, 2.05) is 45.0 Å². The minimum atomic E-state index is -3.84. The van der Waals surface area contributed by atoms with Crippen LogP contribution in [0.5, 0.6) is 5.75 Å². The van der Waals surface area contributed by atoms with E-state index in [9.17, 15) is 18.0 Å². The van der Waals surface area contributed by atoms with Gasteiger partial charge in [-0.3, -0.25) is 13.9 Å². The lowest BCUT2D eigenvalue weighted by Gasteiger charge is -2.34. The van der Waals surface area contributed by atoms with Crippen LogP contribution in [0.15, 0.2) is 48.5 Å². The van der Waals surface area contributed by atoms with Crippen LogP contribution in [-0.4, -0.2) is 56.6 Å². The minimum Gasteiger partial charge on any atom is -0.492 e. The Bertz CT molecular complexity index is 1190. The van der Waals surface area contributed by atoms with Crippen molar-refractivity contribution >= 4 is 27.5 Å². The Hall–Kier alpha value is -3.07. The van der Waals surface area contributed by atoms with Crippen LogP contribution in [0.25, 0.3) is 0 Å². The van der Waals surface area contributed by atoms with E-state index in [-0.39, 0.29) is 18.5 Å². The SMILES string of the molecule is CCOc1ccccc1N(CC(=O)N(Cc1cccc(C)c1)[C@@H](CC)C(=O)NC1CCCCC1)S(C)(=O)=O. The number of anilines is 1. The summed E-state index contributed by atoms with van der Waals surface area (Å²) in [4.78, 5) is 28.9. The molecule has 3 rings (SSSR count). The molecule has 8 nitrogen and oxygen atoms in total. The van der Waals surface area contributed by atoms with Gasteiger partial charge in [0, 0.05) is 12.6 Å². The first kappa shape index (κ1) is 29.5. The number of hydrogen-bond donors (Lipinski definition) is 1. The van der Waals surface area contributed by atoms with Crippen molar-refractivity contribution < 1.29 is 22.7 Å². The molecule has 2 amide bonds. The number of nitrogens with zero attached hydrogens (tertiary/aromatic N) is 2. The number of carbonyl (C=O) groups is 2. The lowest BCUT2D eigenvalue weighted by atomic mass is 9.95. The number of benzene rings is 2. The molecule has 0 aromatic heterocycles. The molecule has 2 aromatic rings. The normalized spacial score (nSPS) is 14.9. The number of aryl methyl sites for hydroxylation is 1. The van der Waals surface area contributed by atoms with Crippen LogP contribution in [0.2, 0.25) is 0 Å². The van der Waals surface area contributed by atoms with Gasteiger partial charge in [0.2, 0.25) is 21.8 Å². The van der Waals surface area contributed by atoms with E-state index < -0.39 is 28.5 Å². The first-order valence-electron chi connectivity index (χ1n) is 13.5. The number of rotatable bonds is 12. The number of nitrogens with one attached hydrogen (secondary N) is 1. The van der Waals surface area contributed by atoms with Gasteiger partial charge in [-0.25, -0.2) is 8.42 Å². The van der Waals surface area contributed by atoms with Gasteiger partial charge < -0.3 is 15.0 Å². The molecule has 0 radical (unpaired) electrons. The molecular weight excluding hydrogens is 502 g/mol. The van der Waals surface area contributed by atoms with Gasteiger partial charge in [0.05, 0.1) is 18.6 Å². The molecule has 208 valence electrons. The summed E-state index contributed by atoms with van der Waals surface area (Å²) in [6, 6.07) is 13.9. The number of ether oxygens (including phenoxy) is 1. The molecule has 38 heavy (non-hydrogen) atoms. The zero-order valence-corrected chi connectivity index (χ0v) is 23.8. The van der Waals surface area contributed by atoms with E-state index in [1.165, 1.54) is 11.3 Å². The number of hydrogen-bond acceptors (Lipinski definition) is 5. The smallest absolute Gasteiger partial charge is 0.244 e. The van der Waals surface area contributed by atoms with Crippen LogP contribution in [0.4, 0.5) is 5.69 Å². The van der Waals surface area contributed by atoms with Gasteiger partial charge in [-0.15, -0.1) is 0 Å². The largest absolute Gasteiger partial charge is 0.492 e. The van der Waals surface area contributed by atoms with Crippen LogP contribution < -0.4 is 14.4 Å². The number of para-hydroxylation sites is 2. The van der Waals surface area contributed by atoms with Gasteiger partial charge >= 0.3 is 0 Å². The zero-order chi connectivity index (χ0) is 27.7. The standard InChI is InChI=1S/C29H41N3O5S/c1-5-25(29(34)30-24-15-8-7-9-16-24)31(20-23-14-12-13-22(3)19-23)28(33)21-32(38(4,35)36)26-17-10-11-18-27(26)37-6-2/h10-14,17-19,24-25H,5-9,15-16,20-21H2,1-4H3,(H,30,34)/t25-/m0/s1. The van der Waals surface area contributed by atoms with Crippen LogP contribution in [-0.2, 0) is 26.2 Å². The summed E-state index contributed by atoms with van der Waals surface area (Å²) in [5.41, 5.74) is 2.21. The topological polar surface area (TPSA) is 96.0 Å². The van der Waals surface area contributed by atoms with Crippen molar-refractivity contribution in [2.24, 2.45) is 0 Å². The average Bonchev–Trinajstić information content (AvgIpc) is 2.87. The molecule has 0 aliphatic heterocycles. The predicted molar refractivity (Wildman–Crippen MR) is 151 cm³/mol. The van der Waals surface area contributed by atoms with Crippen molar-refractivity contribution in [3.8, 4) is 5.75 Å². The zero-order valence-electron chi connectivity index (χ0n) is 23.0. The van der Waals surface area contributed by atoms with E-state index in [4.69, 9.17) is 4.74 Å². The Morgan fingerprint density at radius 3 is 2.39 bits per heavy atom. The fraction of sp³-hybridized carbons (Fsp3) is 0.517. The van der Waals surface area contributed by atoms with Crippen molar-refractivity contribution in [1.29, 1.82) is 0 Å². The summed E-state index contributed by atoms with van der Waals surface area (Å²) in [5, 5.41) is 3.16. The fourth-order valence-electron chi connectivity index (χ4n) is 5.01. The van der Waals surface area contributed by atoms with Gasteiger partial charge in [0.15, 0.2) is 0 Å². The van der Waals surface area contributed by atoms with Crippen LogP contribution in [0.3, 0.4) is 0 Å². The Morgan fingerprint density at radius 1 is 1.05 bits per heavy atom. The first-order chi connectivity index (χ1) is 18.1. The van der Waals surface area contributed by atoms with Crippen LogP contribution in [0.1, 0.15) is 63.5 Å². The second-order valence-electron chi connectivity index (χ2n) is 9.95. The molecule has 1 atom stereocenters. The molecule has 0 bridgehead atoms. The summed E-state index contributed by atoms with van der Waals surface area (Å²) in [6.07, 6.45) is 6.68. The van der Waals surface area contributed by atoms with Crippen molar-refractivity contribution in [3.63, 3.8) is 0 Å². The van der Waals surface area contributed by atoms with Crippen molar-refractivity contribution in [2.45, 2.75) is 77.9 Å². The lowest BCUT2D eigenvalue weighted by Crippen LogP contribution is -2.54. The third-order valence-electron chi connectivity index (χ3n) is 6.89. The monoisotopic (exact) mass is 543 g/mol. The summed E-state index contributed by atoms with van der Waals surface area (Å²) >= 11 is 0. The van der Waals surface area contributed by atoms with E-state index in [0.29, 0.717) is 24.5 Å². The van der Waals surface area contributed by atoms with E-state index in [0.717, 1.165) is 47.4 Å². The molecule has 9 heteroatoms. The Morgan fingerprint density at radius 2 is 1.76 bits per heavy atom. The third kappa shape index (κ3) is 7.96. The maximum Gasteiger partial charge on any atom is 0.244 e. The molecule has 1 saturated carbocycles. The molecule has 0 spiro atoms. The van der Waals surface area contributed by atoms with Crippen LogP contribution >= 0.6 is 0 Å². The number of amides is 2. The molecule has 0 saturated heterocycles. The maximum atomic E-state index is 13.9. The van der Waals surface area contributed by atoms with E-state index in [2.05, 4.69) is 5.32 Å². The summed E-state index contributed by atoms with van der Waals surface area (Å²) in [5.74, 6) is -0.268. The number of sulfonamides is 1. The van der Waals surface area contributed by atoms with Crippen LogP contribution in [0, 0.1) is 6.92 Å². The predicted octanol–water partition coefficient (Wildman–Crippen LogP) is 4.42. The Kier molecular flexibility index (Phi) is 10.6. The second-order valence-corrected chi connectivity index (χ2v) is 11.9. The minimum absolute atomic E-state index is 0.104. The van der Waals surface area contributed by atoms with Gasteiger partial charge in [-0.05, 0) is 50.8 Å². The van der Waals surface area contributed by atoms with E-state index in [1.54, 1.807) is 24.3 Å². The van der Waals surface area contributed by atoms with Gasteiger partial charge in [0.25, 0.3) is 0 Å². The van der Waals surface area contributed by atoms with Gasteiger partial charge in [0.1, 0.15) is 18.3 Å². The average molecular weight is 544 g/mol. The molecule has 1 aliphatic rings. The maximum absolute atomic E-state index is 13.9. The first-order valence-corrected chi connectivity index (χ1v) is 15.3. The molecule has 0 unspecified atom stereocenters. The number of carbonyl (C=O) groups excluding carboxylic acids is 2. The molecule has 1 aliphatic carbocycles. The molecule has 1 N–H and O–H groups in total. The Labute approximate surface area is 227 Å². The highest BCUT2D eigenvalue weighted by atomic mass is 32.2. The highest BCUT2D eigenvalue weighted by Crippen LogP contribution is 2.30. The fourth-order valence-corrected chi connectivity index (χ4v) is 5.86. The highest BCUT2D eigenvalue weighted by molar-refractivity contribution is 7.92. The molecule has 2 aromatic carbocycles. The second kappa shape index (κ2) is 13.6. The lowest BCUT2D eigenvalue weighted by molar-refractivity contribution is -0.140. The highest BCUT2D eigenvalue weighted by Gasteiger charge is 2.33. The van der Waals surface area contributed by atoms with Gasteiger partial charge in [-0.1, -0.05) is 68.1 Å². The molecular formula is C29H41N3O5S. The summed E-state index contributed by atoms with van der Waals surface area (Å²) in [7, 11) is -3.84. The summed E-state index contributed by atoms with van der Waals surface area (Å²) < 4.78 is 32.5. The third-order valence-corrected chi connectivity index (χ3v) is 8.01. The Balaban J connectivity index is 1.94. The van der Waals surface area contributed by atoms with E-state index >= 15 is 0 Å². The van der Waals surface area contributed by atoms with Crippen molar-refractivity contribution in [3.05, 3.63) is 59.7 Å². The quantitative estimate of drug-likeness (QED) is 0.428. The van der Waals surface area contributed by atoms with Crippen molar-refractivity contribution in [1.82, 2.24) is 10.2 Å².